The standard InChI is InChI=1S/C19H17F3N2O/c20-19(21,22)25-18-7-3-15(4-8-18)16-9-11-24(12-10-16)17-5-1-14(13-23)2-6-17/h1-8,16H,9-12H2. The van der Waals surface area contributed by atoms with Crippen LogP contribution in [-0.2, 0) is 0 Å². The molecular formula is C19H17F3N2O. The molecule has 0 spiro atoms. The smallest absolute Gasteiger partial charge is 0.406 e. The van der Waals surface area contributed by atoms with E-state index in [1.54, 1.807) is 24.3 Å². The zero-order chi connectivity index (χ0) is 17.9. The maximum Gasteiger partial charge on any atom is 0.573 e. The van der Waals surface area contributed by atoms with Crippen molar-refractivity contribution in [2.24, 2.45) is 0 Å². The molecule has 1 heterocycles. The molecule has 2 aromatic rings. The van der Waals surface area contributed by atoms with Crippen molar-refractivity contribution in [3.8, 4) is 11.8 Å². The van der Waals surface area contributed by atoms with Crippen LogP contribution in [0.3, 0.4) is 0 Å². The average Bonchev–Trinajstić information content (AvgIpc) is 2.61. The van der Waals surface area contributed by atoms with Crippen LogP contribution in [0.15, 0.2) is 48.5 Å². The summed E-state index contributed by atoms with van der Waals surface area (Å²) in [4.78, 5) is 2.26. The van der Waals surface area contributed by atoms with E-state index in [1.807, 2.05) is 12.1 Å². The molecule has 1 saturated heterocycles. The van der Waals surface area contributed by atoms with Gasteiger partial charge in [-0.15, -0.1) is 13.2 Å². The van der Waals surface area contributed by atoms with Gasteiger partial charge in [-0.05, 0) is 60.7 Å². The van der Waals surface area contributed by atoms with E-state index in [0.29, 0.717) is 11.5 Å². The maximum absolute atomic E-state index is 12.2. The predicted octanol–water partition coefficient (Wildman–Crippen LogP) is 4.84. The number of halogens is 3. The van der Waals surface area contributed by atoms with E-state index >= 15 is 0 Å². The Morgan fingerprint density at radius 3 is 2.08 bits per heavy atom. The lowest BCUT2D eigenvalue weighted by molar-refractivity contribution is -0.274. The molecule has 6 heteroatoms. The number of nitrogens with zero attached hydrogens (tertiary/aromatic N) is 2. The summed E-state index contributed by atoms with van der Waals surface area (Å²) in [5, 5.41) is 8.85. The number of rotatable bonds is 3. The van der Waals surface area contributed by atoms with Crippen LogP contribution < -0.4 is 9.64 Å². The van der Waals surface area contributed by atoms with Crippen LogP contribution in [0.1, 0.15) is 29.9 Å². The number of hydrogen-bond acceptors (Lipinski definition) is 3. The minimum absolute atomic E-state index is 0.189. The third-order valence-corrected chi connectivity index (χ3v) is 4.44. The Balaban J connectivity index is 1.59. The van der Waals surface area contributed by atoms with Crippen molar-refractivity contribution in [3.05, 3.63) is 59.7 Å². The van der Waals surface area contributed by atoms with E-state index in [4.69, 9.17) is 5.26 Å². The Hall–Kier alpha value is -2.68. The summed E-state index contributed by atoms with van der Waals surface area (Å²) in [6.07, 6.45) is -2.80. The Labute approximate surface area is 144 Å². The van der Waals surface area contributed by atoms with Gasteiger partial charge in [0.1, 0.15) is 5.75 Å². The number of hydrogen-bond donors (Lipinski definition) is 0. The summed E-state index contributed by atoms with van der Waals surface area (Å²) in [7, 11) is 0. The third kappa shape index (κ3) is 4.44. The highest BCUT2D eigenvalue weighted by Gasteiger charge is 2.31. The van der Waals surface area contributed by atoms with Gasteiger partial charge in [-0.25, -0.2) is 0 Å². The third-order valence-electron chi connectivity index (χ3n) is 4.44. The van der Waals surface area contributed by atoms with Crippen molar-refractivity contribution in [3.63, 3.8) is 0 Å². The van der Waals surface area contributed by atoms with Crippen LogP contribution >= 0.6 is 0 Å². The minimum Gasteiger partial charge on any atom is -0.406 e. The average molecular weight is 346 g/mol. The lowest BCUT2D eigenvalue weighted by Crippen LogP contribution is -2.32. The number of anilines is 1. The van der Waals surface area contributed by atoms with E-state index < -0.39 is 6.36 Å². The highest BCUT2D eigenvalue weighted by atomic mass is 19.4. The monoisotopic (exact) mass is 346 g/mol. The van der Waals surface area contributed by atoms with E-state index in [0.717, 1.165) is 37.2 Å². The molecule has 3 nitrogen and oxygen atoms in total. The SMILES string of the molecule is N#Cc1ccc(N2CCC(c3ccc(OC(F)(F)F)cc3)CC2)cc1. The maximum atomic E-state index is 12.2. The molecule has 25 heavy (non-hydrogen) atoms. The van der Waals surface area contributed by atoms with Gasteiger partial charge in [0.2, 0.25) is 0 Å². The molecule has 2 aromatic carbocycles. The second-order valence-corrected chi connectivity index (χ2v) is 6.04. The first kappa shape index (κ1) is 17.2. The van der Waals surface area contributed by atoms with E-state index in [9.17, 15) is 13.2 Å². The fourth-order valence-electron chi connectivity index (χ4n) is 3.16. The van der Waals surface area contributed by atoms with Gasteiger partial charge in [0.05, 0.1) is 11.6 Å². The van der Waals surface area contributed by atoms with Crippen LogP contribution in [0.2, 0.25) is 0 Å². The van der Waals surface area contributed by atoms with Gasteiger partial charge in [-0.2, -0.15) is 5.26 Å². The van der Waals surface area contributed by atoms with Crippen molar-refractivity contribution in [1.82, 2.24) is 0 Å². The molecule has 130 valence electrons. The molecule has 0 saturated carbocycles. The first-order valence-corrected chi connectivity index (χ1v) is 8.05. The van der Waals surface area contributed by atoms with Crippen LogP contribution in [0.25, 0.3) is 0 Å². The normalized spacial score (nSPS) is 15.7. The molecular weight excluding hydrogens is 329 g/mol. The van der Waals surface area contributed by atoms with Crippen molar-refractivity contribution < 1.29 is 17.9 Å². The minimum atomic E-state index is -4.66. The second kappa shape index (κ2) is 7.06. The molecule has 1 aliphatic heterocycles. The highest BCUT2D eigenvalue weighted by Crippen LogP contribution is 2.32. The molecule has 0 aromatic heterocycles. The van der Waals surface area contributed by atoms with Crippen molar-refractivity contribution in [2.45, 2.75) is 25.1 Å². The fourth-order valence-corrected chi connectivity index (χ4v) is 3.16. The summed E-state index contributed by atoms with van der Waals surface area (Å²) >= 11 is 0. The Morgan fingerprint density at radius 2 is 1.56 bits per heavy atom. The topological polar surface area (TPSA) is 36.3 Å². The van der Waals surface area contributed by atoms with Crippen LogP contribution in [0.4, 0.5) is 18.9 Å². The quantitative estimate of drug-likeness (QED) is 0.798. The molecule has 0 N–H and O–H groups in total. The summed E-state index contributed by atoms with van der Waals surface area (Å²) < 4.78 is 40.5. The molecule has 0 radical (unpaired) electrons. The first-order chi connectivity index (χ1) is 11.9. The van der Waals surface area contributed by atoms with Gasteiger partial charge in [-0.1, -0.05) is 12.1 Å². The van der Waals surface area contributed by atoms with Crippen LogP contribution in [-0.4, -0.2) is 19.5 Å². The molecule has 0 atom stereocenters. The Bertz CT molecular complexity index is 740. The van der Waals surface area contributed by atoms with E-state index in [1.165, 1.54) is 12.1 Å². The van der Waals surface area contributed by atoms with Gasteiger partial charge < -0.3 is 9.64 Å². The Morgan fingerprint density at radius 1 is 0.960 bits per heavy atom. The fraction of sp³-hybridized carbons (Fsp3) is 0.316. The summed E-state index contributed by atoms with van der Waals surface area (Å²) in [5.41, 5.74) is 2.76. The predicted molar refractivity (Wildman–Crippen MR) is 88.5 cm³/mol. The molecule has 3 rings (SSSR count). The van der Waals surface area contributed by atoms with Gasteiger partial charge in [0, 0.05) is 18.8 Å². The van der Waals surface area contributed by atoms with Crippen molar-refractivity contribution >= 4 is 5.69 Å². The number of piperidine rings is 1. The number of ether oxygens (including phenoxy) is 1. The lowest BCUT2D eigenvalue weighted by atomic mass is 9.89. The van der Waals surface area contributed by atoms with Gasteiger partial charge in [0.25, 0.3) is 0 Å². The zero-order valence-corrected chi connectivity index (χ0v) is 13.5. The number of benzene rings is 2. The van der Waals surface area contributed by atoms with Crippen LogP contribution in [0.5, 0.6) is 5.75 Å². The molecule has 1 aliphatic rings. The number of alkyl halides is 3. The molecule has 0 bridgehead atoms. The second-order valence-electron chi connectivity index (χ2n) is 6.04. The van der Waals surface area contributed by atoms with Gasteiger partial charge >= 0.3 is 6.36 Å². The molecule has 0 aliphatic carbocycles. The molecule has 0 amide bonds. The van der Waals surface area contributed by atoms with Crippen molar-refractivity contribution in [2.75, 3.05) is 18.0 Å². The van der Waals surface area contributed by atoms with Crippen LogP contribution in [0, 0.1) is 11.3 Å². The Kier molecular flexibility index (Phi) is 4.84. The summed E-state index contributed by atoms with van der Waals surface area (Å²) in [6.45, 7) is 1.74. The lowest BCUT2D eigenvalue weighted by Gasteiger charge is -2.34. The van der Waals surface area contributed by atoms with E-state index in [-0.39, 0.29) is 5.75 Å². The molecule has 1 fully saturated rings. The number of nitriles is 1. The first-order valence-electron chi connectivity index (χ1n) is 8.05. The zero-order valence-electron chi connectivity index (χ0n) is 13.5. The van der Waals surface area contributed by atoms with E-state index in [2.05, 4.69) is 15.7 Å². The van der Waals surface area contributed by atoms with Crippen molar-refractivity contribution in [1.29, 1.82) is 5.26 Å². The van der Waals surface area contributed by atoms with Gasteiger partial charge in [-0.3, -0.25) is 0 Å². The summed E-state index contributed by atoms with van der Waals surface area (Å²) in [6, 6.07) is 15.8. The largest absolute Gasteiger partial charge is 0.573 e. The van der Waals surface area contributed by atoms with Gasteiger partial charge in [0.15, 0.2) is 0 Å². The summed E-state index contributed by atoms with van der Waals surface area (Å²) in [5.74, 6) is 0.140. The molecule has 0 unspecified atom stereocenters. The highest BCUT2D eigenvalue weighted by molar-refractivity contribution is 5.50.